The molecule has 0 saturated heterocycles. The van der Waals surface area contributed by atoms with Gasteiger partial charge in [0.05, 0.1) is 0 Å². The quantitative estimate of drug-likeness (QED) is 0.825. The van der Waals surface area contributed by atoms with Crippen molar-refractivity contribution in [2.24, 2.45) is 0 Å². The Morgan fingerprint density at radius 1 is 1.00 bits per heavy atom. The van der Waals surface area contributed by atoms with E-state index in [0.717, 1.165) is 28.2 Å². The molecule has 1 aliphatic heterocycles. The Morgan fingerprint density at radius 2 is 1.62 bits per heavy atom. The molecule has 0 saturated carbocycles. The first-order valence-electron chi connectivity index (χ1n) is 6.71. The van der Waals surface area contributed by atoms with Gasteiger partial charge in [0.1, 0.15) is 5.82 Å². The molecule has 108 valence electrons. The Bertz CT molecular complexity index is 703. The van der Waals surface area contributed by atoms with E-state index in [1.165, 1.54) is 22.6 Å². The first kappa shape index (κ1) is 14.5. The first-order valence-corrected chi connectivity index (χ1v) is 9.25. The van der Waals surface area contributed by atoms with E-state index in [2.05, 4.69) is 0 Å². The summed E-state index contributed by atoms with van der Waals surface area (Å²) in [5, 5.41) is 0. The van der Waals surface area contributed by atoms with Crippen LogP contribution in [0.4, 0.5) is 4.39 Å². The second-order valence-corrected chi connectivity index (χ2v) is 7.38. The third-order valence-electron chi connectivity index (χ3n) is 3.51. The van der Waals surface area contributed by atoms with E-state index in [9.17, 15) is 8.60 Å². The molecule has 2 aromatic carbocycles. The number of rotatable bonds is 3. The summed E-state index contributed by atoms with van der Waals surface area (Å²) in [6, 6.07) is 14.6. The minimum Gasteiger partial charge on any atom is -0.255 e. The maximum atomic E-state index is 13.1. The van der Waals surface area contributed by atoms with Gasteiger partial charge < -0.3 is 0 Å². The number of halogens is 1. The molecule has 1 atom stereocenters. The van der Waals surface area contributed by atoms with Crippen LogP contribution < -0.4 is 0 Å². The van der Waals surface area contributed by atoms with Gasteiger partial charge in [0, 0.05) is 32.6 Å². The molecule has 0 N–H and O–H groups in total. The van der Waals surface area contributed by atoms with E-state index >= 15 is 0 Å². The van der Waals surface area contributed by atoms with E-state index in [1.807, 2.05) is 48.2 Å². The Labute approximate surface area is 130 Å². The third-order valence-corrected chi connectivity index (χ3v) is 5.63. The van der Waals surface area contributed by atoms with Crippen LogP contribution in [0.2, 0.25) is 0 Å². The lowest BCUT2D eigenvalue weighted by Gasteiger charge is -2.08. The number of hydrogen-bond acceptors (Lipinski definition) is 2. The van der Waals surface area contributed by atoms with Crippen LogP contribution in [0.5, 0.6) is 0 Å². The first-order chi connectivity index (χ1) is 10.1. The highest BCUT2D eigenvalue weighted by molar-refractivity contribution is 8.08. The molecule has 0 amide bonds. The minimum absolute atomic E-state index is 0.210. The van der Waals surface area contributed by atoms with Gasteiger partial charge in [-0.15, -0.1) is 11.8 Å². The molecule has 2 aromatic rings. The molecule has 1 aliphatic rings. The van der Waals surface area contributed by atoms with Gasteiger partial charge in [0.2, 0.25) is 0 Å². The zero-order valence-corrected chi connectivity index (χ0v) is 13.3. The smallest absolute Gasteiger partial charge is 0.123 e. The standard InChI is InChI=1S/C17H15FOS2/c1-21(19)15-8-4-12(5-9-15)16-10-11-20-17(16)13-2-6-14(18)7-3-13/h2-9H,10-11H2,1H3. The summed E-state index contributed by atoms with van der Waals surface area (Å²) in [6.45, 7) is 0. The maximum absolute atomic E-state index is 13.1. The van der Waals surface area contributed by atoms with Gasteiger partial charge in [-0.3, -0.25) is 4.21 Å². The molecule has 0 spiro atoms. The molecule has 0 bridgehead atoms. The predicted octanol–water partition coefficient (Wildman–Crippen LogP) is 4.57. The number of allylic oxidation sites excluding steroid dienone is 1. The van der Waals surface area contributed by atoms with Gasteiger partial charge in [-0.1, -0.05) is 24.3 Å². The largest absolute Gasteiger partial charge is 0.255 e. The molecule has 0 aliphatic carbocycles. The van der Waals surface area contributed by atoms with E-state index < -0.39 is 10.8 Å². The summed E-state index contributed by atoms with van der Waals surface area (Å²) in [7, 11) is -0.949. The van der Waals surface area contributed by atoms with Crippen LogP contribution in [0.25, 0.3) is 10.5 Å². The van der Waals surface area contributed by atoms with Gasteiger partial charge in [-0.05, 0) is 47.4 Å². The molecule has 0 radical (unpaired) electrons. The summed E-state index contributed by atoms with van der Waals surface area (Å²) in [5.74, 6) is 0.836. The SMILES string of the molecule is CS(=O)c1ccc(C2=C(c3ccc(F)cc3)SCC2)cc1. The van der Waals surface area contributed by atoms with Crippen molar-refractivity contribution in [2.45, 2.75) is 11.3 Å². The molecule has 0 aromatic heterocycles. The minimum atomic E-state index is -0.949. The summed E-state index contributed by atoms with van der Waals surface area (Å²) in [4.78, 5) is 2.06. The van der Waals surface area contributed by atoms with Crippen molar-refractivity contribution in [3.05, 3.63) is 65.5 Å². The van der Waals surface area contributed by atoms with Crippen molar-refractivity contribution >= 4 is 33.0 Å². The zero-order valence-electron chi connectivity index (χ0n) is 11.6. The molecule has 4 heteroatoms. The Hall–Kier alpha value is -1.39. The maximum Gasteiger partial charge on any atom is 0.123 e. The lowest BCUT2D eigenvalue weighted by atomic mass is 10.0. The van der Waals surface area contributed by atoms with Crippen molar-refractivity contribution < 1.29 is 8.60 Å². The Morgan fingerprint density at radius 3 is 2.24 bits per heavy atom. The second-order valence-electron chi connectivity index (χ2n) is 4.89. The van der Waals surface area contributed by atoms with Gasteiger partial charge >= 0.3 is 0 Å². The Balaban J connectivity index is 2.00. The lowest BCUT2D eigenvalue weighted by Crippen LogP contribution is -1.90. The van der Waals surface area contributed by atoms with E-state index in [0.29, 0.717) is 0 Å². The second kappa shape index (κ2) is 6.16. The number of benzene rings is 2. The average Bonchev–Trinajstić information content (AvgIpc) is 2.97. The van der Waals surface area contributed by atoms with E-state index in [-0.39, 0.29) is 5.82 Å². The molecule has 21 heavy (non-hydrogen) atoms. The molecular formula is C17H15FOS2. The van der Waals surface area contributed by atoms with E-state index in [1.54, 1.807) is 6.26 Å². The highest BCUT2D eigenvalue weighted by Gasteiger charge is 2.18. The average molecular weight is 318 g/mol. The van der Waals surface area contributed by atoms with Crippen molar-refractivity contribution in [3.8, 4) is 0 Å². The number of thioether (sulfide) groups is 1. The molecule has 1 nitrogen and oxygen atoms in total. The van der Waals surface area contributed by atoms with Crippen molar-refractivity contribution in [2.75, 3.05) is 12.0 Å². The van der Waals surface area contributed by atoms with Gasteiger partial charge in [-0.2, -0.15) is 0 Å². The molecular weight excluding hydrogens is 303 g/mol. The normalized spacial score (nSPS) is 16.3. The van der Waals surface area contributed by atoms with Gasteiger partial charge in [-0.25, -0.2) is 4.39 Å². The highest BCUT2D eigenvalue weighted by Crippen LogP contribution is 2.43. The van der Waals surface area contributed by atoms with Crippen LogP contribution in [-0.4, -0.2) is 16.2 Å². The lowest BCUT2D eigenvalue weighted by molar-refractivity contribution is 0.627. The van der Waals surface area contributed by atoms with Gasteiger partial charge in [0.25, 0.3) is 0 Å². The van der Waals surface area contributed by atoms with Crippen LogP contribution in [0.1, 0.15) is 17.5 Å². The molecule has 3 rings (SSSR count). The fraction of sp³-hybridized carbons (Fsp3) is 0.176. The molecule has 0 fully saturated rings. The van der Waals surface area contributed by atoms with Crippen molar-refractivity contribution in [1.29, 1.82) is 0 Å². The zero-order chi connectivity index (χ0) is 14.8. The Kier molecular flexibility index (Phi) is 4.27. The predicted molar refractivity (Wildman–Crippen MR) is 89.1 cm³/mol. The van der Waals surface area contributed by atoms with Crippen LogP contribution in [0.15, 0.2) is 53.4 Å². The summed E-state index contributed by atoms with van der Waals surface area (Å²) < 4.78 is 24.5. The molecule has 1 unspecified atom stereocenters. The monoisotopic (exact) mass is 318 g/mol. The van der Waals surface area contributed by atoms with Crippen molar-refractivity contribution in [3.63, 3.8) is 0 Å². The number of hydrogen-bond donors (Lipinski definition) is 0. The topological polar surface area (TPSA) is 17.1 Å². The van der Waals surface area contributed by atoms with Crippen LogP contribution >= 0.6 is 11.8 Å². The third kappa shape index (κ3) is 3.11. The molecule has 1 heterocycles. The fourth-order valence-corrected chi connectivity index (χ4v) is 4.16. The van der Waals surface area contributed by atoms with Gasteiger partial charge in [0.15, 0.2) is 0 Å². The highest BCUT2D eigenvalue weighted by atomic mass is 32.2. The summed E-state index contributed by atoms with van der Waals surface area (Å²) in [6.07, 6.45) is 2.69. The van der Waals surface area contributed by atoms with Crippen LogP contribution in [0.3, 0.4) is 0 Å². The fourth-order valence-electron chi connectivity index (χ4n) is 2.44. The summed E-state index contributed by atoms with van der Waals surface area (Å²) >= 11 is 1.81. The van der Waals surface area contributed by atoms with Crippen LogP contribution in [-0.2, 0) is 10.8 Å². The summed E-state index contributed by atoms with van der Waals surface area (Å²) in [5.41, 5.74) is 3.52. The van der Waals surface area contributed by atoms with Crippen molar-refractivity contribution in [1.82, 2.24) is 0 Å². The van der Waals surface area contributed by atoms with Crippen LogP contribution in [0, 0.1) is 5.82 Å². The van der Waals surface area contributed by atoms with E-state index in [4.69, 9.17) is 0 Å².